The standard InChI is InChI=1S/C14H22N2O3S/c1-13(2,19)14(3)11(18)16-12(20-14)15-9-5-8-4-7(9)6-10(8)17/h7-10,17,19H,4-6H2,1-3H3,(H,15,16,18)/t7-,8-,9+,10-,14-/m1/s1. The number of aliphatic hydroxyl groups excluding tert-OH is 1. The molecule has 3 rings (SSSR count). The Bertz CT molecular complexity index is 472. The van der Waals surface area contributed by atoms with Crippen molar-refractivity contribution in [3.63, 3.8) is 0 Å². The summed E-state index contributed by atoms with van der Waals surface area (Å²) >= 11 is 1.32. The summed E-state index contributed by atoms with van der Waals surface area (Å²) in [5.74, 6) is 0.628. The molecule has 0 spiro atoms. The molecule has 1 amide bonds. The minimum atomic E-state index is -1.11. The summed E-state index contributed by atoms with van der Waals surface area (Å²) in [5, 5.41) is 23.4. The minimum absolute atomic E-state index is 0.163. The van der Waals surface area contributed by atoms with Crippen molar-refractivity contribution in [1.29, 1.82) is 0 Å². The molecule has 0 aromatic heterocycles. The molecule has 0 unspecified atom stereocenters. The van der Waals surface area contributed by atoms with E-state index in [4.69, 9.17) is 0 Å². The van der Waals surface area contributed by atoms with E-state index in [1.165, 1.54) is 11.8 Å². The fourth-order valence-electron chi connectivity index (χ4n) is 3.47. The average molecular weight is 298 g/mol. The second-order valence-electron chi connectivity index (χ2n) is 6.94. The van der Waals surface area contributed by atoms with E-state index < -0.39 is 10.3 Å². The number of amidine groups is 1. The predicted octanol–water partition coefficient (Wildman–Crippen LogP) is 0.894. The number of nitrogens with one attached hydrogen (secondary N) is 1. The van der Waals surface area contributed by atoms with Crippen molar-refractivity contribution < 1.29 is 15.0 Å². The number of aliphatic hydroxyl groups is 2. The van der Waals surface area contributed by atoms with Gasteiger partial charge in [0, 0.05) is 0 Å². The third kappa shape index (κ3) is 2.09. The smallest absolute Gasteiger partial charge is 0.245 e. The molecule has 6 heteroatoms. The van der Waals surface area contributed by atoms with Crippen LogP contribution in [0.2, 0.25) is 0 Å². The van der Waals surface area contributed by atoms with Gasteiger partial charge in [-0.25, -0.2) is 0 Å². The second-order valence-corrected chi connectivity index (χ2v) is 8.35. The van der Waals surface area contributed by atoms with Gasteiger partial charge in [-0.2, -0.15) is 0 Å². The summed E-state index contributed by atoms with van der Waals surface area (Å²) in [4.78, 5) is 16.8. The quantitative estimate of drug-likeness (QED) is 0.707. The number of fused-ring (bicyclic) bond motifs is 2. The Kier molecular flexibility index (Phi) is 3.19. The third-order valence-corrected chi connectivity index (χ3v) is 6.68. The molecule has 0 aromatic rings. The molecule has 5 nitrogen and oxygen atoms in total. The second kappa shape index (κ2) is 4.45. The summed E-state index contributed by atoms with van der Waals surface area (Å²) in [7, 11) is 0. The van der Waals surface area contributed by atoms with Gasteiger partial charge in [0.25, 0.3) is 0 Å². The van der Waals surface area contributed by atoms with Gasteiger partial charge >= 0.3 is 0 Å². The van der Waals surface area contributed by atoms with E-state index in [0.717, 1.165) is 19.3 Å². The van der Waals surface area contributed by atoms with E-state index in [-0.39, 0.29) is 18.1 Å². The number of carbonyl (C=O) groups excluding carboxylic acids is 1. The van der Waals surface area contributed by atoms with Gasteiger partial charge in [-0.3, -0.25) is 9.79 Å². The Hall–Kier alpha value is -0.590. The Morgan fingerprint density at radius 2 is 2.05 bits per heavy atom. The van der Waals surface area contributed by atoms with Gasteiger partial charge < -0.3 is 15.5 Å². The van der Waals surface area contributed by atoms with Crippen LogP contribution >= 0.6 is 11.8 Å². The van der Waals surface area contributed by atoms with Gasteiger partial charge in [0.1, 0.15) is 4.75 Å². The highest BCUT2D eigenvalue weighted by atomic mass is 32.2. The summed E-state index contributed by atoms with van der Waals surface area (Å²) in [5.41, 5.74) is -1.11. The van der Waals surface area contributed by atoms with Crippen LogP contribution in [-0.4, -0.2) is 43.8 Å². The number of nitrogens with zero attached hydrogens (tertiary/aromatic N) is 1. The molecule has 0 aromatic carbocycles. The monoisotopic (exact) mass is 298 g/mol. The van der Waals surface area contributed by atoms with E-state index in [0.29, 0.717) is 17.0 Å². The van der Waals surface area contributed by atoms with Gasteiger partial charge in [-0.15, -0.1) is 0 Å². The van der Waals surface area contributed by atoms with Crippen molar-refractivity contribution in [2.75, 3.05) is 0 Å². The third-order valence-electron chi connectivity index (χ3n) is 5.19. The zero-order chi connectivity index (χ0) is 14.7. The molecule has 112 valence electrons. The fourth-order valence-corrected chi connectivity index (χ4v) is 4.58. The first-order chi connectivity index (χ1) is 9.20. The molecule has 5 atom stereocenters. The maximum atomic E-state index is 12.1. The molecule has 2 bridgehead atoms. The highest BCUT2D eigenvalue weighted by Gasteiger charge is 2.53. The van der Waals surface area contributed by atoms with E-state index in [2.05, 4.69) is 10.3 Å². The first kappa shape index (κ1) is 14.4. The Morgan fingerprint density at radius 3 is 2.50 bits per heavy atom. The topological polar surface area (TPSA) is 81.9 Å². The summed E-state index contributed by atoms with van der Waals surface area (Å²) in [6.45, 7) is 5.05. The summed E-state index contributed by atoms with van der Waals surface area (Å²) in [6, 6.07) is 0.204. The highest BCUT2D eigenvalue weighted by molar-refractivity contribution is 8.16. The van der Waals surface area contributed by atoms with Crippen LogP contribution in [0, 0.1) is 11.8 Å². The predicted molar refractivity (Wildman–Crippen MR) is 78.5 cm³/mol. The maximum absolute atomic E-state index is 12.1. The molecule has 2 saturated carbocycles. The van der Waals surface area contributed by atoms with Gasteiger partial charge in [0.15, 0.2) is 5.17 Å². The molecular formula is C14H22N2O3S. The fraction of sp³-hybridized carbons (Fsp3) is 0.857. The largest absolute Gasteiger partial charge is 0.393 e. The molecule has 20 heavy (non-hydrogen) atoms. The SMILES string of the molecule is CC(C)(O)[C@]1(C)SC(=N[C@H]2C[C@H]3C[C@@H]2C[C@H]3O)NC1=O. The normalized spacial score (nSPS) is 46.2. The van der Waals surface area contributed by atoms with Gasteiger partial charge in [-0.05, 0) is 51.9 Å². The Labute approximate surface area is 123 Å². The molecule has 3 aliphatic rings. The van der Waals surface area contributed by atoms with Crippen LogP contribution in [0.5, 0.6) is 0 Å². The zero-order valence-electron chi connectivity index (χ0n) is 12.1. The molecule has 1 heterocycles. The number of amides is 1. The first-order valence-electron chi connectivity index (χ1n) is 7.19. The van der Waals surface area contributed by atoms with E-state index >= 15 is 0 Å². The van der Waals surface area contributed by atoms with Crippen molar-refractivity contribution in [3.8, 4) is 0 Å². The summed E-state index contributed by atoms with van der Waals surface area (Å²) < 4.78 is -0.900. The number of rotatable bonds is 2. The number of hydrogen-bond acceptors (Lipinski definition) is 5. The molecule has 1 aliphatic heterocycles. The van der Waals surface area contributed by atoms with E-state index in [9.17, 15) is 15.0 Å². The van der Waals surface area contributed by atoms with E-state index in [1.807, 2.05) is 0 Å². The van der Waals surface area contributed by atoms with Crippen LogP contribution in [0.1, 0.15) is 40.0 Å². The van der Waals surface area contributed by atoms with Crippen molar-refractivity contribution in [1.82, 2.24) is 5.32 Å². The lowest BCUT2D eigenvalue weighted by Crippen LogP contribution is -2.50. The van der Waals surface area contributed by atoms with Crippen molar-refractivity contribution in [2.24, 2.45) is 16.8 Å². The van der Waals surface area contributed by atoms with Gasteiger partial charge in [-0.1, -0.05) is 11.8 Å². The Morgan fingerprint density at radius 1 is 1.35 bits per heavy atom. The molecule has 3 N–H and O–H groups in total. The maximum Gasteiger partial charge on any atom is 0.245 e. The lowest BCUT2D eigenvalue weighted by Gasteiger charge is -2.32. The minimum Gasteiger partial charge on any atom is -0.393 e. The molecular weight excluding hydrogens is 276 g/mol. The van der Waals surface area contributed by atoms with Crippen LogP contribution < -0.4 is 5.32 Å². The van der Waals surface area contributed by atoms with Crippen LogP contribution in [0.15, 0.2) is 4.99 Å². The molecule has 3 fully saturated rings. The van der Waals surface area contributed by atoms with Crippen LogP contribution in [0.3, 0.4) is 0 Å². The van der Waals surface area contributed by atoms with Crippen LogP contribution in [0.25, 0.3) is 0 Å². The van der Waals surface area contributed by atoms with Crippen LogP contribution in [0.4, 0.5) is 0 Å². The highest BCUT2D eigenvalue weighted by Crippen LogP contribution is 2.47. The molecule has 2 aliphatic carbocycles. The molecule has 1 saturated heterocycles. The van der Waals surface area contributed by atoms with Crippen molar-refractivity contribution >= 4 is 22.8 Å². The number of hydrogen-bond donors (Lipinski definition) is 3. The van der Waals surface area contributed by atoms with Gasteiger partial charge in [0.05, 0.1) is 17.7 Å². The summed E-state index contributed by atoms with van der Waals surface area (Å²) in [6.07, 6.45) is 2.62. The number of thioether (sulfide) groups is 1. The van der Waals surface area contributed by atoms with Gasteiger partial charge in [0.2, 0.25) is 5.91 Å². The lowest BCUT2D eigenvalue weighted by atomic mass is 9.91. The number of carbonyl (C=O) groups is 1. The first-order valence-corrected chi connectivity index (χ1v) is 8.01. The lowest BCUT2D eigenvalue weighted by molar-refractivity contribution is -0.126. The number of aliphatic imine (C=N–C) groups is 1. The zero-order valence-corrected chi connectivity index (χ0v) is 12.9. The molecule has 0 radical (unpaired) electrons. The van der Waals surface area contributed by atoms with Crippen molar-refractivity contribution in [3.05, 3.63) is 0 Å². The van der Waals surface area contributed by atoms with Crippen LogP contribution in [-0.2, 0) is 4.79 Å². The Balaban J connectivity index is 1.75. The average Bonchev–Trinajstić information content (AvgIpc) is 2.93. The van der Waals surface area contributed by atoms with Crippen molar-refractivity contribution in [2.45, 2.75) is 62.5 Å². The van der Waals surface area contributed by atoms with E-state index in [1.54, 1.807) is 20.8 Å².